The van der Waals surface area contributed by atoms with Crippen LogP contribution in [-0.4, -0.2) is 57.7 Å². The molecule has 1 fully saturated rings. The van der Waals surface area contributed by atoms with Crippen molar-refractivity contribution in [3.63, 3.8) is 0 Å². The summed E-state index contributed by atoms with van der Waals surface area (Å²) >= 11 is 0. The molecule has 1 aliphatic rings. The van der Waals surface area contributed by atoms with Crippen molar-refractivity contribution in [3.8, 4) is 0 Å². The Kier molecular flexibility index (Phi) is 10.7. The highest BCUT2D eigenvalue weighted by molar-refractivity contribution is 7.88. The molecule has 1 heterocycles. The molecular formula is C10H25Cl2N3O2S. The molecule has 0 aliphatic carbocycles. The van der Waals surface area contributed by atoms with Gasteiger partial charge in [0.15, 0.2) is 0 Å². The van der Waals surface area contributed by atoms with E-state index in [-0.39, 0.29) is 30.9 Å². The minimum absolute atomic E-state index is 0. The van der Waals surface area contributed by atoms with Crippen LogP contribution in [0.3, 0.4) is 0 Å². The minimum atomic E-state index is -3.09. The van der Waals surface area contributed by atoms with E-state index in [4.69, 9.17) is 0 Å². The lowest BCUT2D eigenvalue weighted by Crippen LogP contribution is -2.54. The van der Waals surface area contributed by atoms with Crippen molar-refractivity contribution in [2.45, 2.75) is 19.9 Å². The molecule has 0 unspecified atom stereocenters. The molecule has 0 spiro atoms. The molecule has 5 nitrogen and oxygen atoms in total. The van der Waals surface area contributed by atoms with Gasteiger partial charge in [-0.3, -0.25) is 0 Å². The SMILES string of the molecule is CC(C)CN(C[C@H]1CNCCN1)S(C)(=O)=O.Cl.Cl. The first kappa shape index (κ1) is 20.7. The molecule has 112 valence electrons. The summed E-state index contributed by atoms with van der Waals surface area (Å²) in [5.41, 5.74) is 0. The third kappa shape index (κ3) is 7.76. The molecule has 0 aromatic carbocycles. The van der Waals surface area contributed by atoms with Crippen molar-refractivity contribution >= 4 is 34.8 Å². The highest BCUT2D eigenvalue weighted by Gasteiger charge is 2.23. The molecular weight excluding hydrogens is 297 g/mol. The van der Waals surface area contributed by atoms with Crippen LogP contribution in [0.1, 0.15) is 13.8 Å². The second-order valence-electron chi connectivity index (χ2n) is 4.83. The fraction of sp³-hybridized carbons (Fsp3) is 1.00. The van der Waals surface area contributed by atoms with Gasteiger partial charge in [0.05, 0.1) is 6.26 Å². The van der Waals surface area contributed by atoms with Crippen molar-refractivity contribution in [3.05, 3.63) is 0 Å². The predicted molar refractivity (Wildman–Crippen MR) is 80.4 cm³/mol. The van der Waals surface area contributed by atoms with Crippen LogP contribution in [0.2, 0.25) is 0 Å². The van der Waals surface area contributed by atoms with Crippen molar-refractivity contribution in [2.75, 3.05) is 39.0 Å². The Bertz CT molecular complexity index is 306. The van der Waals surface area contributed by atoms with Gasteiger partial charge >= 0.3 is 0 Å². The fourth-order valence-electron chi connectivity index (χ4n) is 1.84. The number of nitrogens with zero attached hydrogens (tertiary/aromatic N) is 1. The van der Waals surface area contributed by atoms with Gasteiger partial charge in [-0.25, -0.2) is 12.7 Å². The fourth-order valence-corrected chi connectivity index (χ4v) is 2.86. The highest BCUT2D eigenvalue weighted by Crippen LogP contribution is 2.06. The second kappa shape index (κ2) is 9.34. The number of piperazine rings is 1. The van der Waals surface area contributed by atoms with Gasteiger partial charge in [-0.05, 0) is 5.92 Å². The molecule has 1 aliphatic heterocycles. The normalized spacial score (nSPS) is 20.4. The summed E-state index contributed by atoms with van der Waals surface area (Å²) in [4.78, 5) is 0. The van der Waals surface area contributed by atoms with E-state index in [9.17, 15) is 8.42 Å². The maximum atomic E-state index is 11.6. The molecule has 18 heavy (non-hydrogen) atoms. The van der Waals surface area contributed by atoms with Crippen molar-refractivity contribution in [1.29, 1.82) is 0 Å². The van der Waals surface area contributed by atoms with E-state index in [1.165, 1.54) is 6.26 Å². The molecule has 0 amide bonds. The standard InChI is InChI=1S/C10H23N3O2S.2ClH/c1-9(2)7-13(16(3,14)15)8-10-6-11-4-5-12-10;;/h9-12H,4-8H2,1-3H3;2*1H/t10-;;/m1../s1. The van der Waals surface area contributed by atoms with Gasteiger partial charge in [-0.1, -0.05) is 13.8 Å². The van der Waals surface area contributed by atoms with Crippen molar-refractivity contribution in [1.82, 2.24) is 14.9 Å². The van der Waals surface area contributed by atoms with Gasteiger partial charge in [-0.15, -0.1) is 24.8 Å². The summed E-state index contributed by atoms with van der Waals surface area (Å²) in [6.07, 6.45) is 1.28. The number of rotatable bonds is 5. The van der Waals surface area contributed by atoms with Crippen molar-refractivity contribution in [2.24, 2.45) is 5.92 Å². The Morgan fingerprint density at radius 2 is 1.89 bits per heavy atom. The first-order chi connectivity index (χ1) is 7.39. The van der Waals surface area contributed by atoms with Gasteiger partial charge in [0.25, 0.3) is 0 Å². The van der Waals surface area contributed by atoms with Crippen LogP contribution >= 0.6 is 24.8 Å². The number of sulfonamides is 1. The van der Waals surface area contributed by atoms with Crippen LogP contribution in [0.15, 0.2) is 0 Å². The molecule has 0 aromatic rings. The maximum Gasteiger partial charge on any atom is 0.211 e. The van der Waals surface area contributed by atoms with E-state index in [0.717, 1.165) is 19.6 Å². The van der Waals surface area contributed by atoms with Crippen LogP contribution < -0.4 is 10.6 Å². The molecule has 1 atom stereocenters. The second-order valence-corrected chi connectivity index (χ2v) is 6.81. The van der Waals surface area contributed by atoms with Crippen LogP contribution in [0.4, 0.5) is 0 Å². The monoisotopic (exact) mass is 321 g/mol. The number of nitrogens with one attached hydrogen (secondary N) is 2. The Morgan fingerprint density at radius 3 is 2.28 bits per heavy atom. The Labute approximate surface area is 123 Å². The predicted octanol–water partition coefficient (Wildman–Crippen LogP) is 0.309. The van der Waals surface area contributed by atoms with Crippen molar-refractivity contribution < 1.29 is 8.42 Å². The Balaban J connectivity index is 0. The molecule has 1 saturated heterocycles. The average Bonchev–Trinajstić information content (AvgIpc) is 2.16. The molecule has 2 N–H and O–H groups in total. The van der Waals surface area contributed by atoms with Gasteiger partial charge in [0.1, 0.15) is 0 Å². The summed E-state index contributed by atoms with van der Waals surface area (Å²) in [5.74, 6) is 0.353. The lowest BCUT2D eigenvalue weighted by atomic mass is 10.2. The molecule has 0 aromatic heterocycles. The quantitative estimate of drug-likeness (QED) is 0.765. The van der Waals surface area contributed by atoms with E-state index in [0.29, 0.717) is 19.0 Å². The first-order valence-corrected chi connectivity index (χ1v) is 7.63. The molecule has 0 saturated carbocycles. The lowest BCUT2D eigenvalue weighted by Gasteiger charge is -2.30. The maximum absolute atomic E-state index is 11.6. The van der Waals surface area contributed by atoms with E-state index in [1.54, 1.807) is 4.31 Å². The first-order valence-electron chi connectivity index (χ1n) is 5.79. The van der Waals surface area contributed by atoms with E-state index in [2.05, 4.69) is 10.6 Å². The number of halogens is 2. The zero-order chi connectivity index (χ0) is 12.2. The average molecular weight is 322 g/mol. The third-order valence-electron chi connectivity index (χ3n) is 2.59. The summed E-state index contributed by atoms with van der Waals surface area (Å²) < 4.78 is 24.8. The summed E-state index contributed by atoms with van der Waals surface area (Å²) in [6, 6.07) is 0.224. The zero-order valence-corrected chi connectivity index (χ0v) is 13.6. The smallest absolute Gasteiger partial charge is 0.211 e. The van der Waals surface area contributed by atoms with Gasteiger partial charge in [0, 0.05) is 38.8 Å². The summed E-state index contributed by atoms with van der Waals surface area (Å²) in [5, 5.41) is 6.59. The minimum Gasteiger partial charge on any atom is -0.314 e. The van der Waals surface area contributed by atoms with Crippen LogP contribution in [0.25, 0.3) is 0 Å². The molecule has 0 bridgehead atoms. The molecule has 8 heteroatoms. The van der Waals surface area contributed by atoms with E-state index in [1.807, 2.05) is 13.8 Å². The number of hydrogen-bond acceptors (Lipinski definition) is 4. The van der Waals surface area contributed by atoms with Crippen LogP contribution in [0.5, 0.6) is 0 Å². The third-order valence-corrected chi connectivity index (χ3v) is 3.82. The molecule has 1 rings (SSSR count). The van der Waals surface area contributed by atoms with E-state index < -0.39 is 10.0 Å². The molecule has 0 radical (unpaired) electrons. The van der Waals surface area contributed by atoms with Crippen LogP contribution in [-0.2, 0) is 10.0 Å². The van der Waals surface area contributed by atoms with Gasteiger partial charge in [0.2, 0.25) is 10.0 Å². The zero-order valence-electron chi connectivity index (χ0n) is 11.2. The largest absolute Gasteiger partial charge is 0.314 e. The van der Waals surface area contributed by atoms with Crippen LogP contribution in [0, 0.1) is 5.92 Å². The lowest BCUT2D eigenvalue weighted by molar-refractivity contribution is 0.304. The van der Waals surface area contributed by atoms with Gasteiger partial charge in [-0.2, -0.15) is 0 Å². The topological polar surface area (TPSA) is 61.4 Å². The Morgan fingerprint density at radius 1 is 1.28 bits per heavy atom. The summed E-state index contributed by atoms with van der Waals surface area (Å²) in [6.45, 7) is 7.92. The summed E-state index contributed by atoms with van der Waals surface area (Å²) in [7, 11) is -3.09. The Hall–Kier alpha value is 0.410. The van der Waals surface area contributed by atoms with E-state index >= 15 is 0 Å². The van der Waals surface area contributed by atoms with Gasteiger partial charge < -0.3 is 10.6 Å². The number of hydrogen-bond donors (Lipinski definition) is 2. The highest BCUT2D eigenvalue weighted by atomic mass is 35.5.